The summed E-state index contributed by atoms with van der Waals surface area (Å²) in [7, 11) is 3.52. The summed E-state index contributed by atoms with van der Waals surface area (Å²) in [5, 5.41) is 6.71. The molecule has 1 rings (SSSR count). The summed E-state index contributed by atoms with van der Waals surface area (Å²) in [6.45, 7) is 0. The van der Waals surface area contributed by atoms with Crippen molar-refractivity contribution in [3.63, 3.8) is 0 Å². The van der Waals surface area contributed by atoms with Crippen molar-refractivity contribution in [3.05, 3.63) is 27.7 Å². The van der Waals surface area contributed by atoms with Crippen LogP contribution < -0.4 is 10.6 Å². The Morgan fingerprint density at radius 1 is 1.50 bits per heavy atom. The maximum Gasteiger partial charge on any atom is 0.195 e. The standard InChI is InChI=1S/C9H11BrClN3/c1-12-9(13-2)14-6-3-4-8(11)7(10)5-6/h3-5H,1-2H3,(H2,12,13,14). The van der Waals surface area contributed by atoms with Crippen molar-refractivity contribution in [2.45, 2.75) is 0 Å². The van der Waals surface area contributed by atoms with Gasteiger partial charge in [-0.2, -0.15) is 0 Å². The molecule has 0 aromatic heterocycles. The van der Waals surface area contributed by atoms with Crippen LogP contribution in [0, 0.1) is 0 Å². The normalized spacial score (nSPS) is 11.3. The number of hydrogen-bond donors (Lipinski definition) is 2. The fourth-order valence-electron chi connectivity index (χ4n) is 0.941. The highest BCUT2D eigenvalue weighted by Crippen LogP contribution is 2.25. The van der Waals surface area contributed by atoms with Gasteiger partial charge in [-0.1, -0.05) is 11.6 Å². The Morgan fingerprint density at radius 2 is 2.21 bits per heavy atom. The number of benzene rings is 1. The molecular weight excluding hydrogens is 265 g/mol. The van der Waals surface area contributed by atoms with E-state index in [1.165, 1.54) is 0 Å². The maximum absolute atomic E-state index is 5.86. The van der Waals surface area contributed by atoms with Gasteiger partial charge in [0.2, 0.25) is 0 Å². The van der Waals surface area contributed by atoms with Crippen molar-refractivity contribution < 1.29 is 0 Å². The molecule has 0 radical (unpaired) electrons. The Morgan fingerprint density at radius 3 is 2.71 bits per heavy atom. The summed E-state index contributed by atoms with van der Waals surface area (Å²) < 4.78 is 0.857. The Bertz CT molecular complexity index is 352. The van der Waals surface area contributed by atoms with Crippen molar-refractivity contribution in [3.8, 4) is 0 Å². The highest BCUT2D eigenvalue weighted by atomic mass is 79.9. The molecule has 0 aliphatic rings. The molecule has 3 nitrogen and oxygen atoms in total. The molecule has 0 saturated carbocycles. The Kier molecular flexibility index (Phi) is 4.22. The number of nitrogens with one attached hydrogen (secondary N) is 2. The molecule has 0 heterocycles. The van der Waals surface area contributed by atoms with Crippen molar-refractivity contribution in [2.24, 2.45) is 4.99 Å². The number of nitrogens with zero attached hydrogens (tertiary/aromatic N) is 1. The predicted molar refractivity (Wildman–Crippen MR) is 65.2 cm³/mol. The van der Waals surface area contributed by atoms with Crippen molar-refractivity contribution in [2.75, 3.05) is 19.4 Å². The first kappa shape index (κ1) is 11.3. The molecule has 0 spiro atoms. The van der Waals surface area contributed by atoms with E-state index < -0.39 is 0 Å². The summed E-state index contributed by atoms with van der Waals surface area (Å²) in [5.41, 5.74) is 0.927. The van der Waals surface area contributed by atoms with E-state index >= 15 is 0 Å². The molecule has 0 saturated heterocycles. The van der Waals surface area contributed by atoms with E-state index in [1.54, 1.807) is 14.1 Å². The van der Waals surface area contributed by atoms with Crippen LogP contribution in [0.15, 0.2) is 27.7 Å². The largest absolute Gasteiger partial charge is 0.359 e. The van der Waals surface area contributed by atoms with Crippen LogP contribution in [0.3, 0.4) is 0 Å². The zero-order chi connectivity index (χ0) is 10.6. The van der Waals surface area contributed by atoms with E-state index in [-0.39, 0.29) is 0 Å². The average molecular weight is 277 g/mol. The fraction of sp³-hybridized carbons (Fsp3) is 0.222. The number of guanidine groups is 1. The van der Waals surface area contributed by atoms with Gasteiger partial charge in [0.25, 0.3) is 0 Å². The lowest BCUT2D eigenvalue weighted by molar-refractivity contribution is 1.14. The lowest BCUT2D eigenvalue weighted by Crippen LogP contribution is -2.26. The third kappa shape index (κ3) is 2.89. The number of rotatable bonds is 1. The molecule has 0 amide bonds. The minimum atomic E-state index is 0.690. The van der Waals surface area contributed by atoms with E-state index in [9.17, 15) is 0 Å². The van der Waals surface area contributed by atoms with Gasteiger partial charge in [-0.15, -0.1) is 0 Å². The molecule has 0 aliphatic carbocycles. The molecule has 0 fully saturated rings. The molecule has 5 heteroatoms. The van der Waals surface area contributed by atoms with E-state index in [1.807, 2.05) is 18.2 Å². The molecule has 14 heavy (non-hydrogen) atoms. The third-order valence-corrected chi connectivity index (χ3v) is 2.86. The molecule has 1 aromatic carbocycles. The molecule has 76 valence electrons. The number of aliphatic imine (C=N–C) groups is 1. The minimum Gasteiger partial charge on any atom is -0.359 e. The second kappa shape index (κ2) is 5.22. The van der Waals surface area contributed by atoms with E-state index in [4.69, 9.17) is 11.6 Å². The topological polar surface area (TPSA) is 36.4 Å². The highest BCUT2D eigenvalue weighted by molar-refractivity contribution is 9.10. The molecule has 1 aromatic rings. The first-order valence-corrected chi connectivity index (χ1v) is 5.21. The zero-order valence-corrected chi connectivity index (χ0v) is 10.3. The molecule has 0 bridgehead atoms. The van der Waals surface area contributed by atoms with E-state index in [2.05, 4.69) is 31.6 Å². The number of hydrogen-bond acceptors (Lipinski definition) is 1. The van der Waals surface area contributed by atoms with Gasteiger partial charge in [0.1, 0.15) is 0 Å². The monoisotopic (exact) mass is 275 g/mol. The average Bonchev–Trinajstić information content (AvgIpc) is 2.19. The minimum absolute atomic E-state index is 0.690. The SMILES string of the molecule is CN=C(NC)Nc1ccc(Cl)c(Br)c1. The van der Waals surface area contributed by atoms with E-state index in [0.29, 0.717) is 11.0 Å². The number of anilines is 1. The third-order valence-electron chi connectivity index (χ3n) is 1.64. The van der Waals surface area contributed by atoms with Gasteiger partial charge in [-0.3, -0.25) is 4.99 Å². The van der Waals surface area contributed by atoms with Crippen molar-refractivity contribution >= 4 is 39.2 Å². The fourth-order valence-corrected chi connectivity index (χ4v) is 1.44. The van der Waals surface area contributed by atoms with Crippen molar-refractivity contribution in [1.29, 1.82) is 0 Å². The summed E-state index contributed by atoms with van der Waals surface area (Å²) in [5.74, 6) is 0.708. The predicted octanol–water partition coefficient (Wildman–Crippen LogP) is 2.72. The van der Waals surface area contributed by atoms with Crippen LogP contribution in [0.4, 0.5) is 5.69 Å². The van der Waals surface area contributed by atoms with Crippen molar-refractivity contribution in [1.82, 2.24) is 5.32 Å². The zero-order valence-electron chi connectivity index (χ0n) is 7.94. The summed E-state index contributed by atoms with van der Waals surface area (Å²) in [6, 6.07) is 5.59. The first-order valence-electron chi connectivity index (χ1n) is 4.04. The smallest absolute Gasteiger partial charge is 0.195 e. The van der Waals surface area contributed by atoms with Gasteiger partial charge in [0.05, 0.1) is 5.02 Å². The number of halogens is 2. The maximum atomic E-state index is 5.86. The quantitative estimate of drug-likeness (QED) is 0.611. The Hall–Kier alpha value is -0.740. The molecule has 0 unspecified atom stereocenters. The summed E-state index contributed by atoms with van der Waals surface area (Å²) in [6.07, 6.45) is 0. The van der Waals surface area contributed by atoms with Gasteiger partial charge in [-0.05, 0) is 34.1 Å². The van der Waals surface area contributed by atoms with Crippen LogP contribution >= 0.6 is 27.5 Å². The van der Waals surface area contributed by atoms with Gasteiger partial charge >= 0.3 is 0 Å². The van der Waals surface area contributed by atoms with Crippen LogP contribution in [0.5, 0.6) is 0 Å². The second-order valence-corrected chi connectivity index (χ2v) is 3.84. The van der Waals surface area contributed by atoms with E-state index in [0.717, 1.165) is 10.2 Å². The molecule has 2 N–H and O–H groups in total. The Balaban J connectivity index is 2.82. The molecular formula is C9H11BrClN3. The lowest BCUT2D eigenvalue weighted by Gasteiger charge is -2.08. The van der Waals surface area contributed by atoms with Crippen LogP contribution in [-0.2, 0) is 0 Å². The Labute approximate surface area is 96.7 Å². The van der Waals surface area contributed by atoms with Gasteiger partial charge in [-0.25, -0.2) is 0 Å². The summed E-state index contributed by atoms with van der Waals surface area (Å²) >= 11 is 9.21. The molecule has 0 atom stereocenters. The van der Waals surface area contributed by atoms with Gasteiger partial charge < -0.3 is 10.6 Å². The van der Waals surface area contributed by atoms with Crippen LogP contribution in [0.1, 0.15) is 0 Å². The first-order chi connectivity index (χ1) is 6.67. The summed E-state index contributed by atoms with van der Waals surface area (Å²) in [4.78, 5) is 4.00. The highest BCUT2D eigenvalue weighted by Gasteiger charge is 2.00. The lowest BCUT2D eigenvalue weighted by atomic mass is 10.3. The van der Waals surface area contributed by atoms with Gasteiger partial charge in [0, 0.05) is 24.3 Å². The van der Waals surface area contributed by atoms with Gasteiger partial charge in [0.15, 0.2) is 5.96 Å². The second-order valence-electron chi connectivity index (χ2n) is 2.58. The molecule has 0 aliphatic heterocycles. The van der Waals surface area contributed by atoms with Crippen LogP contribution in [-0.4, -0.2) is 20.1 Å². The van der Waals surface area contributed by atoms with Crippen LogP contribution in [0.25, 0.3) is 0 Å². The van der Waals surface area contributed by atoms with Crippen LogP contribution in [0.2, 0.25) is 5.02 Å².